The van der Waals surface area contributed by atoms with Crippen molar-refractivity contribution in [3.05, 3.63) is 42.7 Å². The molecule has 0 heterocycles. The van der Waals surface area contributed by atoms with E-state index in [0.29, 0.717) is 24.8 Å². The second-order valence-corrected chi connectivity index (χ2v) is 4.28. The lowest BCUT2D eigenvalue weighted by Gasteiger charge is -2.14. The molecule has 0 radical (unpaired) electrons. The van der Waals surface area contributed by atoms with Crippen LogP contribution in [-0.2, 0) is 0 Å². The number of hydrogen-bond acceptors (Lipinski definition) is 2. The van der Waals surface area contributed by atoms with Crippen molar-refractivity contribution in [2.75, 3.05) is 19.6 Å². The van der Waals surface area contributed by atoms with Crippen molar-refractivity contribution in [2.45, 2.75) is 20.0 Å². The van der Waals surface area contributed by atoms with Crippen LogP contribution in [0, 0.1) is 5.82 Å². The van der Waals surface area contributed by atoms with Gasteiger partial charge in [0.15, 0.2) is 5.96 Å². The summed E-state index contributed by atoms with van der Waals surface area (Å²) in [5, 5.41) is 6.23. The van der Waals surface area contributed by atoms with Gasteiger partial charge in [-0.05, 0) is 26.0 Å². The van der Waals surface area contributed by atoms with Crippen LogP contribution >= 0.6 is 24.0 Å². The van der Waals surface area contributed by atoms with Crippen LogP contribution in [0.2, 0.25) is 0 Å². The van der Waals surface area contributed by atoms with E-state index < -0.39 is 0 Å². The van der Waals surface area contributed by atoms with Gasteiger partial charge in [-0.2, -0.15) is 0 Å². The van der Waals surface area contributed by atoms with Crippen molar-refractivity contribution >= 4 is 29.9 Å². The molecule has 0 saturated heterocycles. The Morgan fingerprint density at radius 2 is 2.24 bits per heavy atom. The Labute approximate surface area is 142 Å². The standard InChI is InChI=1S/C15H22FN3O.HI/c1-4-9-18-15(17-5-2)19-11-12(3)20-14-8-6-7-13(16)10-14;/h4,6-8,10,12H,1,5,9,11H2,2-3H3,(H2,17,18,19);1H. The lowest BCUT2D eigenvalue weighted by atomic mass is 10.3. The number of ether oxygens (including phenoxy) is 1. The molecular formula is C15H23FIN3O. The third kappa shape index (κ3) is 8.54. The average Bonchev–Trinajstić information content (AvgIpc) is 2.42. The van der Waals surface area contributed by atoms with Gasteiger partial charge in [0.2, 0.25) is 0 Å². The van der Waals surface area contributed by atoms with Gasteiger partial charge in [-0.3, -0.25) is 0 Å². The highest BCUT2D eigenvalue weighted by atomic mass is 127. The first-order valence-corrected chi connectivity index (χ1v) is 6.71. The number of benzene rings is 1. The second-order valence-electron chi connectivity index (χ2n) is 4.28. The number of hydrogen-bond donors (Lipinski definition) is 2. The number of rotatable bonds is 7. The molecule has 0 spiro atoms. The van der Waals surface area contributed by atoms with Gasteiger partial charge in [-0.1, -0.05) is 12.1 Å². The van der Waals surface area contributed by atoms with Crippen LogP contribution in [0.25, 0.3) is 0 Å². The van der Waals surface area contributed by atoms with E-state index in [-0.39, 0.29) is 35.9 Å². The molecule has 4 nitrogen and oxygen atoms in total. The maximum atomic E-state index is 13.0. The zero-order chi connectivity index (χ0) is 14.8. The predicted molar refractivity (Wildman–Crippen MR) is 96.1 cm³/mol. The first-order chi connectivity index (χ1) is 9.65. The Bertz CT molecular complexity index is 454. The van der Waals surface area contributed by atoms with E-state index in [0.717, 1.165) is 6.54 Å². The van der Waals surface area contributed by atoms with Gasteiger partial charge in [-0.25, -0.2) is 9.38 Å². The van der Waals surface area contributed by atoms with Crippen molar-refractivity contribution in [3.63, 3.8) is 0 Å². The molecule has 21 heavy (non-hydrogen) atoms. The highest BCUT2D eigenvalue weighted by Gasteiger charge is 2.05. The molecule has 0 aliphatic carbocycles. The first kappa shape index (κ1) is 19.7. The summed E-state index contributed by atoms with van der Waals surface area (Å²) in [6.07, 6.45) is 1.62. The molecule has 0 amide bonds. The molecule has 1 unspecified atom stereocenters. The minimum Gasteiger partial charge on any atom is -0.489 e. The summed E-state index contributed by atoms with van der Waals surface area (Å²) in [4.78, 5) is 4.40. The SMILES string of the molecule is C=CCNC(=NCC(C)Oc1cccc(F)c1)NCC.I. The van der Waals surface area contributed by atoms with E-state index in [9.17, 15) is 4.39 Å². The highest BCUT2D eigenvalue weighted by Crippen LogP contribution is 2.13. The fraction of sp³-hybridized carbons (Fsp3) is 0.400. The van der Waals surface area contributed by atoms with Crippen LogP contribution in [0.1, 0.15) is 13.8 Å². The highest BCUT2D eigenvalue weighted by molar-refractivity contribution is 14.0. The Morgan fingerprint density at radius 3 is 2.86 bits per heavy atom. The van der Waals surface area contributed by atoms with Gasteiger partial charge < -0.3 is 15.4 Å². The number of halogens is 2. The molecule has 6 heteroatoms. The summed E-state index contributed by atoms with van der Waals surface area (Å²) in [5.74, 6) is 0.915. The van der Waals surface area contributed by atoms with Crippen LogP contribution in [0.5, 0.6) is 5.75 Å². The summed E-state index contributed by atoms with van der Waals surface area (Å²) in [6.45, 7) is 9.44. The van der Waals surface area contributed by atoms with Crippen LogP contribution in [-0.4, -0.2) is 31.7 Å². The third-order valence-electron chi connectivity index (χ3n) is 2.40. The van der Waals surface area contributed by atoms with Crippen molar-refractivity contribution < 1.29 is 9.13 Å². The number of nitrogens with zero attached hydrogens (tertiary/aromatic N) is 1. The van der Waals surface area contributed by atoms with Crippen LogP contribution in [0.15, 0.2) is 41.9 Å². The topological polar surface area (TPSA) is 45.7 Å². The van der Waals surface area contributed by atoms with Crippen molar-refractivity contribution in [1.29, 1.82) is 0 Å². The summed E-state index contributed by atoms with van der Waals surface area (Å²) in [6, 6.07) is 6.10. The number of guanidine groups is 1. The second kappa shape index (κ2) is 11.4. The van der Waals surface area contributed by atoms with Crippen LogP contribution < -0.4 is 15.4 Å². The zero-order valence-electron chi connectivity index (χ0n) is 12.4. The van der Waals surface area contributed by atoms with Gasteiger partial charge >= 0.3 is 0 Å². The molecule has 0 fully saturated rings. The Hall–Kier alpha value is -1.31. The molecule has 1 aromatic rings. The normalized spacial score (nSPS) is 12.0. The van der Waals surface area contributed by atoms with Gasteiger partial charge in [0.1, 0.15) is 17.7 Å². The van der Waals surface area contributed by atoms with Crippen LogP contribution in [0.4, 0.5) is 4.39 Å². The molecule has 1 aromatic carbocycles. The van der Waals surface area contributed by atoms with Crippen LogP contribution in [0.3, 0.4) is 0 Å². The summed E-state index contributed by atoms with van der Waals surface area (Å²) in [7, 11) is 0. The summed E-state index contributed by atoms with van der Waals surface area (Å²) >= 11 is 0. The van der Waals surface area contributed by atoms with E-state index in [1.54, 1.807) is 18.2 Å². The third-order valence-corrected chi connectivity index (χ3v) is 2.40. The lowest BCUT2D eigenvalue weighted by molar-refractivity contribution is 0.229. The van der Waals surface area contributed by atoms with Crippen molar-refractivity contribution in [3.8, 4) is 5.75 Å². The maximum absolute atomic E-state index is 13.0. The maximum Gasteiger partial charge on any atom is 0.191 e. The molecule has 0 aromatic heterocycles. The molecule has 2 N–H and O–H groups in total. The largest absolute Gasteiger partial charge is 0.489 e. The van der Waals surface area contributed by atoms with E-state index in [1.165, 1.54) is 12.1 Å². The van der Waals surface area contributed by atoms with E-state index in [4.69, 9.17) is 4.74 Å². The fourth-order valence-electron chi connectivity index (χ4n) is 1.54. The number of aliphatic imine (C=N–C) groups is 1. The molecule has 118 valence electrons. The van der Waals surface area contributed by atoms with Gasteiger partial charge in [0, 0.05) is 19.2 Å². The first-order valence-electron chi connectivity index (χ1n) is 6.71. The van der Waals surface area contributed by atoms with Crippen molar-refractivity contribution in [1.82, 2.24) is 10.6 Å². The zero-order valence-corrected chi connectivity index (χ0v) is 14.8. The van der Waals surface area contributed by atoms with Crippen molar-refractivity contribution in [2.24, 2.45) is 4.99 Å². The monoisotopic (exact) mass is 407 g/mol. The Balaban J connectivity index is 0.00000400. The summed E-state index contributed by atoms with van der Waals surface area (Å²) < 4.78 is 18.6. The Kier molecular flexibility index (Phi) is 10.7. The van der Waals surface area contributed by atoms with E-state index in [1.807, 2.05) is 13.8 Å². The average molecular weight is 407 g/mol. The molecular weight excluding hydrogens is 384 g/mol. The lowest BCUT2D eigenvalue weighted by Crippen LogP contribution is -2.38. The minimum absolute atomic E-state index is 0. The fourth-order valence-corrected chi connectivity index (χ4v) is 1.54. The molecule has 0 bridgehead atoms. The minimum atomic E-state index is -0.306. The van der Waals surface area contributed by atoms with E-state index in [2.05, 4.69) is 22.2 Å². The molecule has 0 aliphatic heterocycles. The van der Waals surface area contributed by atoms with Gasteiger partial charge in [-0.15, -0.1) is 30.6 Å². The predicted octanol–water partition coefficient (Wildman–Crippen LogP) is 2.95. The molecule has 1 atom stereocenters. The van der Waals surface area contributed by atoms with Gasteiger partial charge in [0.25, 0.3) is 0 Å². The smallest absolute Gasteiger partial charge is 0.191 e. The quantitative estimate of drug-likeness (QED) is 0.316. The number of nitrogens with one attached hydrogen (secondary N) is 2. The molecule has 0 aliphatic rings. The molecule has 1 rings (SSSR count). The van der Waals surface area contributed by atoms with E-state index >= 15 is 0 Å². The Morgan fingerprint density at radius 1 is 1.48 bits per heavy atom. The molecule has 0 saturated carbocycles. The summed E-state index contributed by atoms with van der Waals surface area (Å²) in [5.41, 5.74) is 0. The van der Waals surface area contributed by atoms with Gasteiger partial charge in [0.05, 0.1) is 6.54 Å².